The van der Waals surface area contributed by atoms with E-state index in [0.29, 0.717) is 5.69 Å². The molecule has 0 atom stereocenters. The lowest BCUT2D eigenvalue weighted by atomic mass is 10.1. The molecule has 16 heavy (non-hydrogen) atoms. The molecule has 4 heteroatoms. The normalized spacial score (nSPS) is 11.0. The lowest BCUT2D eigenvalue weighted by Gasteiger charge is -1.99. The van der Waals surface area contributed by atoms with Gasteiger partial charge in [-0.3, -0.25) is 0 Å². The van der Waals surface area contributed by atoms with Crippen molar-refractivity contribution in [2.24, 2.45) is 0 Å². The number of benzene rings is 1. The van der Waals surface area contributed by atoms with Gasteiger partial charge in [0.25, 0.3) is 6.43 Å². The van der Waals surface area contributed by atoms with E-state index in [0.717, 1.165) is 11.1 Å². The second-order valence-corrected chi connectivity index (χ2v) is 3.68. The first kappa shape index (κ1) is 11.1. The molecule has 0 fully saturated rings. The molecule has 1 aromatic carbocycles. The Labute approximate surface area is 97.1 Å². The van der Waals surface area contributed by atoms with Crippen LogP contribution in [0.3, 0.4) is 0 Å². The summed E-state index contributed by atoms with van der Waals surface area (Å²) >= 11 is 5.72. The number of hydrogen-bond donors (Lipinski definition) is 1. The number of alkyl halides is 3. The first-order chi connectivity index (χ1) is 7.72. The molecule has 0 aliphatic rings. The zero-order valence-corrected chi connectivity index (χ0v) is 9.14. The van der Waals surface area contributed by atoms with Gasteiger partial charge in [0.15, 0.2) is 0 Å². The highest BCUT2D eigenvalue weighted by atomic mass is 35.5. The Morgan fingerprint density at radius 2 is 1.88 bits per heavy atom. The van der Waals surface area contributed by atoms with Gasteiger partial charge >= 0.3 is 0 Å². The summed E-state index contributed by atoms with van der Waals surface area (Å²) in [5.74, 6) is 0.191. The van der Waals surface area contributed by atoms with Gasteiger partial charge in [-0.2, -0.15) is 0 Å². The van der Waals surface area contributed by atoms with Crippen LogP contribution in [0, 0.1) is 0 Å². The van der Waals surface area contributed by atoms with Crippen LogP contribution in [0.25, 0.3) is 11.1 Å². The van der Waals surface area contributed by atoms with Crippen LogP contribution in [0.15, 0.2) is 36.4 Å². The molecule has 2 aromatic rings. The highest BCUT2D eigenvalue weighted by molar-refractivity contribution is 6.17. The Bertz CT molecular complexity index is 465. The minimum atomic E-state index is -2.50. The summed E-state index contributed by atoms with van der Waals surface area (Å²) in [6.07, 6.45) is -2.50. The summed E-state index contributed by atoms with van der Waals surface area (Å²) in [5.41, 5.74) is 2.17. The molecule has 0 radical (unpaired) electrons. The van der Waals surface area contributed by atoms with Gasteiger partial charge in [-0.05, 0) is 11.6 Å². The van der Waals surface area contributed by atoms with Gasteiger partial charge in [0.2, 0.25) is 0 Å². The SMILES string of the molecule is FC(F)c1cc(-c2ccccc2)c(CCl)[nH]1. The van der Waals surface area contributed by atoms with Crippen LogP contribution in [0.1, 0.15) is 17.8 Å². The van der Waals surface area contributed by atoms with E-state index in [1.54, 1.807) is 0 Å². The second kappa shape index (κ2) is 4.66. The Morgan fingerprint density at radius 1 is 1.19 bits per heavy atom. The molecule has 0 spiro atoms. The average Bonchev–Trinajstić information content (AvgIpc) is 2.74. The van der Waals surface area contributed by atoms with Gasteiger partial charge < -0.3 is 4.98 Å². The first-order valence-electron chi connectivity index (χ1n) is 4.83. The number of halogens is 3. The minimum absolute atomic E-state index is 0.0884. The molecule has 1 aromatic heterocycles. The Balaban J connectivity index is 2.48. The largest absolute Gasteiger partial charge is 0.356 e. The molecule has 0 amide bonds. The fourth-order valence-corrected chi connectivity index (χ4v) is 1.83. The van der Waals surface area contributed by atoms with E-state index < -0.39 is 6.43 Å². The highest BCUT2D eigenvalue weighted by Gasteiger charge is 2.14. The van der Waals surface area contributed by atoms with Gasteiger partial charge in [0.1, 0.15) is 0 Å². The predicted octanol–water partition coefficient (Wildman–Crippen LogP) is 4.36. The third kappa shape index (κ3) is 2.09. The van der Waals surface area contributed by atoms with Crippen molar-refractivity contribution in [3.05, 3.63) is 47.8 Å². The quantitative estimate of drug-likeness (QED) is 0.769. The molecular weight excluding hydrogens is 232 g/mol. The van der Waals surface area contributed by atoms with Gasteiger partial charge in [0.05, 0.1) is 11.6 Å². The molecule has 2 rings (SSSR count). The smallest absolute Gasteiger partial charge is 0.278 e. The van der Waals surface area contributed by atoms with Gasteiger partial charge in [-0.25, -0.2) is 8.78 Å². The van der Waals surface area contributed by atoms with Crippen molar-refractivity contribution in [2.45, 2.75) is 12.3 Å². The Hall–Kier alpha value is -1.35. The number of H-pyrrole nitrogens is 1. The number of hydrogen-bond acceptors (Lipinski definition) is 0. The van der Waals surface area contributed by atoms with E-state index in [9.17, 15) is 8.78 Å². The Kier molecular flexibility index (Phi) is 3.25. The van der Waals surface area contributed by atoms with Crippen LogP contribution in [0.5, 0.6) is 0 Å². The second-order valence-electron chi connectivity index (χ2n) is 3.42. The lowest BCUT2D eigenvalue weighted by molar-refractivity contribution is 0.146. The van der Waals surface area contributed by atoms with Gasteiger partial charge in [-0.1, -0.05) is 30.3 Å². The van der Waals surface area contributed by atoms with E-state index in [2.05, 4.69) is 4.98 Å². The van der Waals surface area contributed by atoms with Crippen LogP contribution >= 0.6 is 11.6 Å². The minimum Gasteiger partial charge on any atom is -0.356 e. The highest BCUT2D eigenvalue weighted by Crippen LogP contribution is 2.29. The summed E-state index contributed by atoms with van der Waals surface area (Å²) in [5, 5.41) is 0. The van der Waals surface area contributed by atoms with Crippen LogP contribution in [-0.2, 0) is 5.88 Å². The summed E-state index contributed by atoms with van der Waals surface area (Å²) in [7, 11) is 0. The van der Waals surface area contributed by atoms with Crippen LogP contribution in [0.2, 0.25) is 0 Å². The molecule has 0 aliphatic carbocycles. The third-order valence-electron chi connectivity index (χ3n) is 2.37. The molecule has 1 N–H and O–H groups in total. The maximum Gasteiger partial charge on any atom is 0.278 e. The van der Waals surface area contributed by atoms with Crippen molar-refractivity contribution in [1.29, 1.82) is 0 Å². The maximum absolute atomic E-state index is 12.5. The number of rotatable bonds is 3. The summed E-state index contributed by atoms with van der Waals surface area (Å²) in [6.45, 7) is 0. The maximum atomic E-state index is 12.5. The summed E-state index contributed by atoms with van der Waals surface area (Å²) in [4.78, 5) is 2.65. The van der Waals surface area contributed by atoms with Crippen molar-refractivity contribution in [3.63, 3.8) is 0 Å². The van der Waals surface area contributed by atoms with E-state index in [-0.39, 0.29) is 11.6 Å². The molecule has 1 nitrogen and oxygen atoms in total. The number of nitrogens with one attached hydrogen (secondary N) is 1. The molecule has 0 unspecified atom stereocenters. The molecule has 84 valence electrons. The van der Waals surface area contributed by atoms with Crippen molar-refractivity contribution >= 4 is 11.6 Å². The summed E-state index contributed by atoms with van der Waals surface area (Å²) < 4.78 is 25.1. The molecular formula is C12H10ClF2N. The zero-order chi connectivity index (χ0) is 11.5. The molecule has 0 saturated heterocycles. The molecule has 0 saturated carbocycles. The van der Waals surface area contributed by atoms with Crippen LogP contribution < -0.4 is 0 Å². The van der Waals surface area contributed by atoms with E-state index >= 15 is 0 Å². The molecule has 0 aliphatic heterocycles. The summed E-state index contributed by atoms with van der Waals surface area (Å²) in [6, 6.07) is 10.8. The number of aromatic amines is 1. The number of aromatic nitrogens is 1. The lowest BCUT2D eigenvalue weighted by Crippen LogP contribution is -1.84. The molecule has 0 bridgehead atoms. The monoisotopic (exact) mass is 241 g/mol. The van der Waals surface area contributed by atoms with Crippen molar-refractivity contribution in [1.82, 2.24) is 4.98 Å². The van der Waals surface area contributed by atoms with Crippen LogP contribution in [-0.4, -0.2) is 4.98 Å². The van der Waals surface area contributed by atoms with Gasteiger partial charge in [0, 0.05) is 11.3 Å². The third-order valence-corrected chi connectivity index (χ3v) is 2.64. The topological polar surface area (TPSA) is 15.8 Å². The van der Waals surface area contributed by atoms with E-state index in [1.165, 1.54) is 6.07 Å². The van der Waals surface area contributed by atoms with E-state index in [1.807, 2.05) is 30.3 Å². The Morgan fingerprint density at radius 3 is 2.44 bits per heavy atom. The zero-order valence-electron chi connectivity index (χ0n) is 8.38. The predicted molar refractivity (Wildman–Crippen MR) is 60.7 cm³/mol. The van der Waals surface area contributed by atoms with Crippen molar-refractivity contribution in [3.8, 4) is 11.1 Å². The standard InChI is InChI=1S/C12H10ClF2N/c13-7-11-9(6-10(16-11)12(14)15)8-4-2-1-3-5-8/h1-6,12,16H,7H2. The van der Waals surface area contributed by atoms with Crippen LogP contribution in [0.4, 0.5) is 8.78 Å². The fourth-order valence-electron chi connectivity index (χ4n) is 1.62. The average molecular weight is 242 g/mol. The van der Waals surface area contributed by atoms with Crippen molar-refractivity contribution < 1.29 is 8.78 Å². The van der Waals surface area contributed by atoms with Crippen molar-refractivity contribution in [2.75, 3.05) is 0 Å². The van der Waals surface area contributed by atoms with E-state index in [4.69, 9.17) is 11.6 Å². The first-order valence-corrected chi connectivity index (χ1v) is 5.37. The van der Waals surface area contributed by atoms with Gasteiger partial charge in [-0.15, -0.1) is 11.6 Å². The molecule has 1 heterocycles. The fraction of sp³-hybridized carbons (Fsp3) is 0.167.